The molecule has 1 fully saturated rings. The van der Waals surface area contributed by atoms with Crippen LogP contribution in [0.4, 0.5) is 16.0 Å². The lowest BCUT2D eigenvalue weighted by molar-refractivity contribution is 0.0275. The van der Waals surface area contributed by atoms with Crippen LogP contribution in [0.15, 0.2) is 30.6 Å². The van der Waals surface area contributed by atoms with E-state index < -0.39 is 0 Å². The molecular weight excluding hydrogens is 299 g/mol. The number of aromatic nitrogens is 2. The van der Waals surface area contributed by atoms with Crippen molar-refractivity contribution >= 4 is 11.6 Å². The largest absolute Gasteiger partial charge is 0.491 e. The Balaban J connectivity index is 1.70. The maximum atomic E-state index is 14.3. The molecule has 7 heteroatoms. The van der Waals surface area contributed by atoms with E-state index in [-0.39, 0.29) is 11.9 Å². The molecule has 1 aromatic heterocycles. The summed E-state index contributed by atoms with van der Waals surface area (Å²) in [7, 11) is 0. The summed E-state index contributed by atoms with van der Waals surface area (Å²) in [5.74, 6) is 0.528. The van der Waals surface area contributed by atoms with Crippen molar-refractivity contribution in [3.63, 3.8) is 0 Å². The van der Waals surface area contributed by atoms with E-state index in [0.717, 1.165) is 12.1 Å². The van der Waals surface area contributed by atoms with Crippen LogP contribution in [-0.4, -0.2) is 36.3 Å². The van der Waals surface area contributed by atoms with Crippen LogP contribution in [0.5, 0.6) is 5.75 Å². The van der Waals surface area contributed by atoms with Gasteiger partial charge in [-0.15, -0.1) is 0 Å². The number of rotatable bonds is 5. The minimum absolute atomic E-state index is 0.117. The quantitative estimate of drug-likeness (QED) is 0.882. The molecule has 23 heavy (non-hydrogen) atoms. The summed E-state index contributed by atoms with van der Waals surface area (Å²) in [6.07, 6.45) is 2.98. The number of morpholine rings is 1. The van der Waals surface area contributed by atoms with Gasteiger partial charge in [-0.2, -0.15) is 0 Å². The number of nitrogens with zero attached hydrogens (tertiary/aromatic N) is 2. The fourth-order valence-corrected chi connectivity index (χ4v) is 2.35. The molecule has 0 amide bonds. The maximum absolute atomic E-state index is 14.3. The van der Waals surface area contributed by atoms with Gasteiger partial charge in [0.25, 0.3) is 0 Å². The molecule has 1 aliphatic rings. The molecule has 122 valence electrons. The first-order chi connectivity index (χ1) is 11.3. The molecule has 6 nitrogen and oxygen atoms in total. The third-order valence-electron chi connectivity index (χ3n) is 3.48. The first kappa shape index (κ1) is 15.6. The van der Waals surface area contributed by atoms with Crippen LogP contribution in [0, 0.1) is 5.82 Å². The van der Waals surface area contributed by atoms with Crippen molar-refractivity contribution in [3.05, 3.63) is 42.0 Å². The summed E-state index contributed by atoms with van der Waals surface area (Å²) in [4.78, 5) is 8.19. The molecule has 3 rings (SSSR count). The minimum atomic E-state index is -0.367. The van der Waals surface area contributed by atoms with Gasteiger partial charge in [-0.05, 0) is 24.6 Å². The second-order valence-corrected chi connectivity index (χ2v) is 5.10. The van der Waals surface area contributed by atoms with E-state index in [0.29, 0.717) is 37.1 Å². The highest BCUT2D eigenvalue weighted by Gasteiger charge is 2.17. The highest BCUT2D eigenvalue weighted by Crippen LogP contribution is 2.25. The first-order valence-corrected chi connectivity index (χ1v) is 7.60. The molecule has 0 unspecified atom stereocenters. The Morgan fingerprint density at radius 3 is 2.87 bits per heavy atom. The van der Waals surface area contributed by atoms with E-state index in [1.54, 1.807) is 18.5 Å². The van der Waals surface area contributed by atoms with Crippen molar-refractivity contribution in [3.8, 4) is 5.75 Å². The fourth-order valence-electron chi connectivity index (χ4n) is 2.35. The highest BCUT2D eigenvalue weighted by atomic mass is 19.1. The maximum Gasteiger partial charge on any atom is 0.227 e. The lowest BCUT2D eigenvalue weighted by atomic mass is 10.1. The van der Waals surface area contributed by atoms with E-state index in [4.69, 9.17) is 9.47 Å². The molecule has 1 aliphatic heterocycles. The van der Waals surface area contributed by atoms with Crippen molar-refractivity contribution in [2.24, 2.45) is 0 Å². The van der Waals surface area contributed by atoms with E-state index in [2.05, 4.69) is 20.6 Å². The van der Waals surface area contributed by atoms with E-state index >= 15 is 0 Å². The van der Waals surface area contributed by atoms with Crippen LogP contribution in [0.3, 0.4) is 0 Å². The molecular formula is C16H19FN4O2. The van der Waals surface area contributed by atoms with Crippen molar-refractivity contribution in [2.75, 3.05) is 31.6 Å². The molecule has 0 aliphatic carbocycles. The number of hydrogen-bond donors (Lipinski definition) is 2. The summed E-state index contributed by atoms with van der Waals surface area (Å²) in [5.41, 5.74) is 1.13. The minimum Gasteiger partial charge on any atom is -0.491 e. The zero-order valence-corrected chi connectivity index (χ0v) is 12.9. The normalized spacial score (nSPS) is 17.7. The van der Waals surface area contributed by atoms with Gasteiger partial charge in [0, 0.05) is 13.1 Å². The standard InChI is InChI=1S/C16H19FN4O2/c1-2-22-12-8-19-16(20-9-12)21-14-4-3-11(7-13(14)17)15-10-18-5-6-23-15/h3-4,7-9,15,18H,2,5-6,10H2,1H3,(H,19,20,21)/t15-/m0/s1. The smallest absolute Gasteiger partial charge is 0.227 e. The average molecular weight is 318 g/mol. The first-order valence-electron chi connectivity index (χ1n) is 7.60. The average Bonchev–Trinajstić information content (AvgIpc) is 2.59. The molecule has 0 spiro atoms. The molecule has 1 saturated heterocycles. The second kappa shape index (κ2) is 7.34. The van der Waals surface area contributed by atoms with E-state index in [9.17, 15) is 4.39 Å². The summed E-state index contributed by atoms with van der Waals surface area (Å²) >= 11 is 0. The fraction of sp³-hybridized carbons (Fsp3) is 0.375. The molecule has 0 radical (unpaired) electrons. The number of nitrogens with one attached hydrogen (secondary N) is 2. The summed E-state index contributed by atoms with van der Waals surface area (Å²) < 4.78 is 25.2. The van der Waals surface area contributed by atoms with Crippen LogP contribution in [0.25, 0.3) is 0 Å². The van der Waals surface area contributed by atoms with Gasteiger partial charge in [0.2, 0.25) is 5.95 Å². The Labute approximate surface area is 134 Å². The zero-order chi connectivity index (χ0) is 16.1. The Bertz CT molecular complexity index is 645. The van der Waals surface area contributed by atoms with Gasteiger partial charge in [-0.3, -0.25) is 0 Å². The monoisotopic (exact) mass is 318 g/mol. The molecule has 2 heterocycles. The van der Waals surface area contributed by atoms with Gasteiger partial charge >= 0.3 is 0 Å². The van der Waals surface area contributed by atoms with Crippen molar-refractivity contribution in [2.45, 2.75) is 13.0 Å². The summed E-state index contributed by atoms with van der Waals surface area (Å²) in [5, 5.41) is 6.09. The molecule has 1 aromatic carbocycles. The Hall–Kier alpha value is -2.25. The molecule has 2 N–H and O–H groups in total. The number of hydrogen-bond acceptors (Lipinski definition) is 6. The van der Waals surface area contributed by atoms with Crippen LogP contribution >= 0.6 is 0 Å². The highest BCUT2D eigenvalue weighted by molar-refractivity contribution is 5.55. The predicted octanol–water partition coefficient (Wildman–Crippen LogP) is 2.42. The second-order valence-electron chi connectivity index (χ2n) is 5.10. The Morgan fingerprint density at radius 2 is 2.22 bits per heavy atom. The van der Waals surface area contributed by atoms with Gasteiger partial charge in [0.15, 0.2) is 5.75 Å². The SMILES string of the molecule is CCOc1cnc(Nc2ccc([C@@H]3CNCCO3)cc2F)nc1. The van der Waals surface area contributed by atoms with Gasteiger partial charge < -0.3 is 20.1 Å². The summed E-state index contributed by atoms with van der Waals surface area (Å²) in [6, 6.07) is 4.99. The summed E-state index contributed by atoms with van der Waals surface area (Å²) in [6.45, 7) is 4.58. The Morgan fingerprint density at radius 1 is 1.39 bits per heavy atom. The van der Waals surface area contributed by atoms with Crippen LogP contribution in [0.2, 0.25) is 0 Å². The van der Waals surface area contributed by atoms with Crippen LogP contribution in [-0.2, 0) is 4.74 Å². The van der Waals surface area contributed by atoms with Crippen LogP contribution < -0.4 is 15.4 Å². The number of benzene rings is 1. The predicted molar refractivity (Wildman–Crippen MR) is 84.4 cm³/mol. The number of halogens is 1. The third-order valence-corrected chi connectivity index (χ3v) is 3.48. The molecule has 0 bridgehead atoms. The third kappa shape index (κ3) is 3.94. The zero-order valence-electron chi connectivity index (χ0n) is 12.9. The number of anilines is 2. The topological polar surface area (TPSA) is 68.3 Å². The van der Waals surface area contributed by atoms with Gasteiger partial charge in [0.1, 0.15) is 5.82 Å². The van der Waals surface area contributed by atoms with E-state index in [1.165, 1.54) is 6.07 Å². The van der Waals surface area contributed by atoms with Gasteiger partial charge in [0.05, 0.1) is 37.4 Å². The number of ether oxygens (including phenoxy) is 2. The molecule has 1 atom stereocenters. The molecule has 0 saturated carbocycles. The lowest BCUT2D eigenvalue weighted by Gasteiger charge is -2.24. The van der Waals surface area contributed by atoms with E-state index in [1.807, 2.05) is 13.0 Å². The van der Waals surface area contributed by atoms with Crippen molar-refractivity contribution in [1.29, 1.82) is 0 Å². The van der Waals surface area contributed by atoms with Crippen molar-refractivity contribution in [1.82, 2.24) is 15.3 Å². The molecule has 2 aromatic rings. The van der Waals surface area contributed by atoms with Gasteiger partial charge in [-0.1, -0.05) is 6.07 Å². The Kier molecular flexibility index (Phi) is 4.99. The van der Waals surface area contributed by atoms with Crippen molar-refractivity contribution < 1.29 is 13.9 Å². The van der Waals surface area contributed by atoms with Gasteiger partial charge in [-0.25, -0.2) is 14.4 Å². The lowest BCUT2D eigenvalue weighted by Crippen LogP contribution is -2.33. The van der Waals surface area contributed by atoms with Crippen LogP contribution in [0.1, 0.15) is 18.6 Å².